The highest BCUT2D eigenvalue weighted by molar-refractivity contribution is 5.85. The highest BCUT2D eigenvalue weighted by Crippen LogP contribution is 2.19. The minimum absolute atomic E-state index is 0.0209. The molecule has 2 N–H and O–H groups in total. The first kappa shape index (κ1) is 20.0. The van der Waals surface area contributed by atoms with Gasteiger partial charge in [-0.1, -0.05) is 18.2 Å². The number of piperidine rings is 1. The summed E-state index contributed by atoms with van der Waals surface area (Å²) in [6.07, 6.45) is 2.20. The summed E-state index contributed by atoms with van der Waals surface area (Å²) in [5.41, 5.74) is 1.24. The molecule has 0 bridgehead atoms. The predicted octanol–water partition coefficient (Wildman–Crippen LogP) is 0.925. The molecule has 1 fully saturated rings. The minimum Gasteiger partial charge on any atom is -0.383 e. The quantitative estimate of drug-likeness (QED) is 0.429. The van der Waals surface area contributed by atoms with E-state index in [2.05, 4.69) is 44.8 Å². The number of nitrogens with one attached hydrogen (secondary N) is 2. The number of rotatable bonds is 7. The lowest BCUT2D eigenvalue weighted by Gasteiger charge is -2.35. The third-order valence-corrected chi connectivity index (χ3v) is 4.35. The van der Waals surface area contributed by atoms with Crippen LogP contribution < -0.4 is 15.5 Å². The molecule has 1 atom stereocenters. The number of likely N-dealkylation sites (N-methyl/N-ethyl adjacent to an activating group) is 1. The van der Waals surface area contributed by atoms with Crippen LogP contribution in [0.15, 0.2) is 35.3 Å². The van der Waals surface area contributed by atoms with Crippen LogP contribution in [0.5, 0.6) is 0 Å². The van der Waals surface area contributed by atoms with Gasteiger partial charge in [-0.2, -0.15) is 0 Å². The number of amides is 1. The molecule has 0 aromatic heterocycles. The summed E-state index contributed by atoms with van der Waals surface area (Å²) in [6.45, 7) is 3.34. The van der Waals surface area contributed by atoms with Crippen LogP contribution in [0.2, 0.25) is 0 Å². The van der Waals surface area contributed by atoms with Crippen LogP contribution in [0.1, 0.15) is 12.8 Å². The first-order valence-electron chi connectivity index (χ1n) is 9.14. The van der Waals surface area contributed by atoms with Crippen molar-refractivity contribution in [1.82, 2.24) is 15.5 Å². The lowest BCUT2D eigenvalue weighted by molar-refractivity contribution is -0.127. The van der Waals surface area contributed by atoms with Crippen LogP contribution in [0.3, 0.4) is 0 Å². The van der Waals surface area contributed by atoms with Crippen molar-refractivity contribution in [2.45, 2.75) is 18.9 Å². The maximum atomic E-state index is 11.8. The Hall–Kier alpha value is -2.28. The second-order valence-corrected chi connectivity index (χ2v) is 6.64. The Balaban J connectivity index is 1.96. The number of hydrogen-bond donors (Lipinski definition) is 2. The number of hydrogen-bond acceptors (Lipinski definition) is 4. The average Bonchev–Trinajstić information content (AvgIpc) is 2.66. The molecule has 1 aromatic rings. The molecule has 1 aliphatic heterocycles. The van der Waals surface area contributed by atoms with Crippen LogP contribution >= 0.6 is 0 Å². The van der Waals surface area contributed by atoms with E-state index in [-0.39, 0.29) is 18.5 Å². The van der Waals surface area contributed by atoms with Gasteiger partial charge in [0.2, 0.25) is 5.91 Å². The zero-order valence-electron chi connectivity index (χ0n) is 16.1. The van der Waals surface area contributed by atoms with Crippen LogP contribution in [0.4, 0.5) is 5.69 Å². The third kappa shape index (κ3) is 6.55. The van der Waals surface area contributed by atoms with E-state index in [1.807, 2.05) is 6.07 Å². The van der Waals surface area contributed by atoms with Gasteiger partial charge in [-0.05, 0) is 25.0 Å². The number of para-hydroxylation sites is 1. The van der Waals surface area contributed by atoms with Gasteiger partial charge in [-0.25, -0.2) is 4.99 Å². The van der Waals surface area contributed by atoms with Gasteiger partial charge >= 0.3 is 0 Å². The highest BCUT2D eigenvalue weighted by Gasteiger charge is 2.21. The van der Waals surface area contributed by atoms with Gasteiger partial charge in [0.1, 0.15) is 6.54 Å². The Morgan fingerprint density at radius 3 is 2.81 bits per heavy atom. The van der Waals surface area contributed by atoms with Crippen molar-refractivity contribution < 1.29 is 9.53 Å². The molecule has 1 heterocycles. The Bertz CT molecular complexity index is 577. The smallest absolute Gasteiger partial charge is 0.243 e. The number of carbonyl (C=O) groups is 1. The standard InChI is InChI=1S/C19H31N5O2/c1-23(2)18(25)14-21-19(20-11-13-26-3)22-16-8-7-12-24(15-16)17-9-5-4-6-10-17/h4-6,9-10,16H,7-8,11-15H2,1-3H3,(H2,20,21,22). The van der Waals surface area contributed by atoms with Gasteiger partial charge in [0.05, 0.1) is 6.61 Å². The van der Waals surface area contributed by atoms with E-state index in [4.69, 9.17) is 4.74 Å². The largest absolute Gasteiger partial charge is 0.383 e. The first-order valence-corrected chi connectivity index (χ1v) is 9.14. The van der Waals surface area contributed by atoms with Gasteiger partial charge in [0.15, 0.2) is 5.96 Å². The number of benzene rings is 1. The van der Waals surface area contributed by atoms with Crippen molar-refractivity contribution in [3.8, 4) is 0 Å². The molecule has 2 rings (SSSR count). The van der Waals surface area contributed by atoms with Gasteiger partial charge in [0, 0.05) is 52.6 Å². The molecule has 1 aromatic carbocycles. The zero-order valence-corrected chi connectivity index (χ0v) is 16.1. The van der Waals surface area contributed by atoms with Gasteiger partial charge in [-0.3, -0.25) is 4.79 Å². The van der Waals surface area contributed by atoms with E-state index in [1.54, 1.807) is 26.1 Å². The number of guanidine groups is 1. The molecule has 26 heavy (non-hydrogen) atoms. The molecule has 1 aliphatic rings. The van der Waals surface area contributed by atoms with Crippen molar-refractivity contribution in [3.05, 3.63) is 30.3 Å². The Kier molecular flexibility index (Phi) is 8.21. The average molecular weight is 361 g/mol. The molecule has 144 valence electrons. The van der Waals surface area contributed by atoms with E-state index in [9.17, 15) is 4.79 Å². The minimum atomic E-state index is -0.0209. The summed E-state index contributed by atoms with van der Waals surface area (Å²) in [6, 6.07) is 10.7. The summed E-state index contributed by atoms with van der Waals surface area (Å²) < 4.78 is 5.09. The zero-order chi connectivity index (χ0) is 18.8. The lowest BCUT2D eigenvalue weighted by Crippen LogP contribution is -2.52. The second-order valence-electron chi connectivity index (χ2n) is 6.64. The van der Waals surface area contributed by atoms with E-state index in [1.165, 1.54) is 5.69 Å². The number of anilines is 1. The Labute approximate surface area is 156 Å². The molecule has 0 radical (unpaired) electrons. The van der Waals surface area contributed by atoms with Crippen molar-refractivity contribution >= 4 is 17.6 Å². The van der Waals surface area contributed by atoms with Crippen LogP contribution in [0.25, 0.3) is 0 Å². The number of methoxy groups -OCH3 is 1. The highest BCUT2D eigenvalue weighted by atomic mass is 16.5. The van der Waals surface area contributed by atoms with Crippen molar-refractivity contribution in [1.29, 1.82) is 0 Å². The van der Waals surface area contributed by atoms with Crippen LogP contribution in [-0.2, 0) is 9.53 Å². The summed E-state index contributed by atoms with van der Waals surface area (Å²) in [5.74, 6) is 0.643. The monoisotopic (exact) mass is 361 g/mol. The number of carbonyl (C=O) groups excluding carboxylic acids is 1. The Morgan fingerprint density at radius 2 is 2.12 bits per heavy atom. The molecule has 0 saturated carbocycles. The fourth-order valence-corrected chi connectivity index (χ4v) is 2.87. The van der Waals surface area contributed by atoms with Gasteiger partial charge in [0.25, 0.3) is 0 Å². The number of ether oxygens (including phenoxy) is 1. The summed E-state index contributed by atoms with van der Waals surface area (Å²) in [5, 5.41) is 6.72. The van der Waals surface area contributed by atoms with Gasteiger partial charge in [-0.15, -0.1) is 0 Å². The van der Waals surface area contributed by atoms with E-state index < -0.39 is 0 Å². The molecule has 0 aliphatic carbocycles. The molecular weight excluding hydrogens is 330 g/mol. The molecule has 7 heteroatoms. The second kappa shape index (κ2) is 10.7. The van der Waals surface area contributed by atoms with Crippen LogP contribution in [-0.4, -0.2) is 76.8 Å². The molecular formula is C19H31N5O2. The maximum absolute atomic E-state index is 11.8. The van der Waals surface area contributed by atoms with Crippen LogP contribution in [0, 0.1) is 0 Å². The fourth-order valence-electron chi connectivity index (χ4n) is 2.87. The lowest BCUT2D eigenvalue weighted by atomic mass is 10.1. The molecule has 0 spiro atoms. The molecule has 7 nitrogen and oxygen atoms in total. The normalized spacial score (nSPS) is 17.7. The number of nitrogens with zero attached hydrogens (tertiary/aromatic N) is 3. The van der Waals surface area contributed by atoms with E-state index >= 15 is 0 Å². The van der Waals surface area contributed by atoms with E-state index in [0.717, 1.165) is 25.9 Å². The third-order valence-electron chi connectivity index (χ3n) is 4.35. The predicted molar refractivity (Wildman–Crippen MR) is 106 cm³/mol. The summed E-state index contributed by atoms with van der Waals surface area (Å²) in [7, 11) is 5.14. The molecule has 1 unspecified atom stereocenters. The summed E-state index contributed by atoms with van der Waals surface area (Å²) >= 11 is 0. The maximum Gasteiger partial charge on any atom is 0.243 e. The Morgan fingerprint density at radius 1 is 1.35 bits per heavy atom. The SMILES string of the molecule is COCCNC(=NCC(=O)N(C)C)NC1CCCN(c2ccccc2)C1. The van der Waals surface area contributed by atoms with Crippen molar-refractivity contribution in [2.24, 2.45) is 4.99 Å². The fraction of sp³-hybridized carbons (Fsp3) is 0.579. The van der Waals surface area contributed by atoms with Crippen molar-refractivity contribution in [3.63, 3.8) is 0 Å². The molecule has 1 amide bonds. The van der Waals surface area contributed by atoms with Gasteiger partial charge < -0.3 is 25.2 Å². The summed E-state index contributed by atoms with van der Waals surface area (Å²) in [4.78, 5) is 20.2. The van der Waals surface area contributed by atoms with E-state index in [0.29, 0.717) is 19.1 Å². The first-order chi connectivity index (χ1) is 12.6. The van der Waals surface area contributed by atoms with Crippen molar-refractivity contribution in [2.75, 3.05) is 58.9 Å². The number of aliphatic imine (C=N–C) groups is 1. The topological polar surface area (TPSA) is 69.2 Å². The molecule has 1 saturated heterocycles.